The molecule has 12 heavy (non-hydrogen) atoms. The number of rotatable bonds is 7. The molecule has 0 unspecified atom stereocenters. The van der Waals surface area contributed by atoms with Crippen LogP contribution < -0.4 is 0 Å². The fourth-order valence-corrected chi connectivity index (χ4v) is 1.76. The highest BCUT2D eigenvalue weighted by Crippen LogP contribution is 2.25. The molecule has 0 amide bonds. The standard InChI is InChI=1S/C11H24O/c1-4-7-10-11(12,8-5-2)9-6-3/h12H,4-10H2,1-3H3/i1T. The number of hydrogen-bond donors (Lipinski definition) is 1. The molecule has 0 aliphatic heterocycles. The fraction of sp³-hybridized carbons (Fsp3) is 1.00. The summed E-state index contributed by atoms with van der Waals surface area (Å²) < 4.78 is 7.03. The Morgan fingerprint density at radius 2 is 1.67 bits per heavy atom. The molecule has 0 aromatic heterocycles. The quantitative estimate of drug-likeness (QED) is 0.586. The minimum atomic E-state index is -0.432. The van der Waals surface area contributed by atoms with Gasteiger partial charge in [0.15, 0.2) is 0 Å². The molecule has 0 radical (unpaired) electrons. The van der Waals surface area contributed by atoms with Gasteiger partial charge in [0, 0.05) is 1.37 Å². The molecular weight excluding hydrogens is 148 g/mol. The van der Waals surface area contributed by atoms with Crippen LogP contribution in [0.3, 0.4) is 0 Å². The summed E-state index contributed by atoms with van der Waals surface area (Å²) in [6.45, 7) is 4.73. The third-order valence-electron chi connectivity index (χ3n) is 2.32. The third-order valence-corrected chi connectivity index (χ3v) is 2.32. The van der Waals surface area contributed by atoms with Gasteiger partial charge in [-0.2, -0.15) is 0 Å². The van der Waals surface area contributed by atoms with Gasteiger partial charge >= 0.3 is 0 Å². The van der Waals surface area contributed by atoms with Gasteiger partial charge in [0.25, 0.3) is 0 Å². The van der Waals surface area contributed by atoms with Gasteiger partial charge in [-0.15, -0.1) is 0 Å². The summed E-state index contributed by atoms with van der Waals surface area (Å²) in [5, 5.41) is 10.2. The number of hydrogen-bond acceptors (Lipinski definition) is 1. The minimum Gasteiger partial charge on any atom is -0.390 e. The molecule has 1 nitrogen and oxygen atoms in total. The lowest BCUT2D eigenvalue weighted by atomic mass is 9.88. The molecule has 0 saturated carbocycles. The topological polar surface area (TPSA) is 20.2 Å². The second-order valence-electron chi connectivity index (χ2n) is 3.68. The smallest absolute Gasteiger partial charge is 0.0647 e. The summed E-state index contributed by atoms with van der Waals surface area (Å²) in [4.78, 5) is 0. The maximum Gasteiger partial charge on any atom is 0.0647 e. The average molecular weight is 174 g/mol. The normalized spacial score (nSPS) is 13.1. The van der Waals surface area contributed by atoms with E-state index in [1.54, 1.807) is 0 Å². The molecule has 0 atom stereocenters. The van der Waals surface area contributed by atoms with E-state index >= 15 is 0 Å². The van der Waals surface area contributed by atoms with Crippen molar-refractivity contribution in [2.45, 2.75) is 71.3 Å². The Morgan fingerprint density at radius 3 is 2.08 bits per heavy atom. The Morgan fingerprint density at radius 1 is 1.08 bits per heavy atom. The van der Waals surface area contributed by atoms with E-state index in [1.165, 1.54) is 0 Å². The van der Waals surface area contributed by atoms with Gasteiger partial charge in [0.05, 0.1) is 5.60 Å². The van der Waals surface area contributed by atoms with Crippen molar-refractivity contribution in [2.75, 3.05) is 0 Å². The van der Waals surface area contributed by atoms with E-state index in [0.29, 0.717) is 6.90 Å². The van der Waals surface area contributed by atoms with Crippen LogP contribution in [-0.2, 0) is 0 Å². The molecule has 0 bridgehead atoms. The molecule has 0 rings (SSSR count). The Hall–Kier alpha value is -0.0400. The van der Waals surface area contributed by atoms with E-state index in [4.69, 9.17) is 1.37 Å². The summed E-state index contributed by atoms with van der Waals surface area (Å²) in [6, 6.07) is 0. The summed E-state index contributed by atoms with van der Waals surface area (Å²) in [6.07, 6.45) is 6.75. The summed E-state index contributed by atoms with van der Waals surface area (Å²) in [5.74, 6) is 0. The molecular formula is C11H24O. The average Bonchev–Trinajstić information content (AvgIpc) is 2.05. The van der Waals surface area contributed by atoms with Crippen molar-refractivity contribution < 1.29 is 6.48 Å². The highest BCUT2D eigenvalue weighted by molar-refractivity contribution is 4.76. The second kappa shape index (κ2) is 6.47. The molecule has 0 spiro atoms. The minimum absolute atomic E-state index is 0.432. The van der Waals surface area contributed by atoms with Crippen LogP contribution in [0.5, 0.6) is 0 Å². The summed E-state index contributed by atoms with van der Waals surface area (Å²) >= 11 is 0. The zero-order valence-corrected chi connectivity index (χ0v) is 8.60. The number of unbranched alkanes of at least 4 members (excludes halogenated alkanes) is 1. The zero-order chi connectivity index (χ0) is 10.2. The molecule has 0 aliphatic rings. The highest BCUT2D eigenvalue weighted by Gasteiger charge is 2.23. The van der Waals surface area contributed by atoms with E-state index < -0.39 is 5.60 Å². The van der Waals surface area contributed by atoms with Gasteiger partial charge in [-0.05, 0) is 19.3 Å². The van der Waals surface area contributed by atoms with Crippen LogP contribution in [0.2, 0.25) is 0 Å². The third kappa shape index (κ3) is 4.76. The maximum absolute atomic E-state index is 10.2. The molecule has 1 heteroatoms. The first-order chi connectivity index (χ1) is 6.18. The predicted octanol–water partition coefficient (Wildman–Crippen LogP) is 3.51. The van der Waals surface area contributed by atoms with E-state index in [1.807, 2.05) is 0 Å². The van der Waals surface area contributed by atoms with Crippen LogP contribution in [0.4, 0.5) is 0 Å². The van der Waals surface area contributed by atoms with Crippen molar-refractivity contribution in [3.8, 4) is 0 Å². The first-order valence-electron chi connectivity index (χ1n) is 5.91. The zero-order valence-electron chi connectivity index (χ0n) is 9.60. The van der Waals surface area contributed by atoms with Crippen LogP contribution in [0, 0.1) is 0 Å². The van der Waals surface area contributed by atoms with Crippen LogP contribution in [0.1, 0.15) is 67.1 Å². The largest absolute Gasteiger partial charge is 0.390 e. The molecule has 0 aliphatic carbocycles. The van der Waals surface area contributed by atoms with Crippen LogP contribution in [0.25, 0.3) is 0 Å². The second-order valence-corrected chi connectivity index (χ2v) is 3.68. The van der Waals surface area contributed by atoms with Crippen molar-refractivity contribution in [1.29, 1.82) is 0 Å². The van der Waals surface area contributed by atoms with Gasteiger partial charge in [-0.25, -0.2) is 0 Å². The Kier molecular flexibility index (Phi) is 5.42. The maximum atomic E-state index is 10.2. The summed E-state index contributed by atoms with van der Waals surface area (Å²) in [7, 11) is 0. The van der Waals surface area contributed by atoms with Crippen LogP contribution in [-0.4, -0.2) is 10.7 Å². The molecule has 74 valence electrons. The lowest BCUT2D eigenvalue weighted by molar-refractivity contribution is 0.0109. The molecule has 0 heterocycles. The molecule has 0 saturated heterocycles. The van der Waals surface area contributed by atoms with Gasteiger partial charge in [-0.1, -0.05) is 46.4 Å². The van der Waals surface area contributed by atoms with Crippen molar-refractivity contribution >= 4 is 0 Å². The van der Waals surface area contributed by atoms with Gasteiger partial charge in [0.2, 0.25) is 0 Å². The Labute approximate surface area is 78.6 Å². The van der Waals surface area contributed by atoms with Crippen molar-refractivity contribution in [2.24, 2.45) is 0 Å². The number of aliphatic hydroxyl groups is 1. The Bertz CT molecular complexity index is 109. The van der Waals surface area contributed by atoms with Crippen molar-refractivity contribution in [3.05, 3.63) is 0 Å². The SMILES string of the molecule is [3H]CCCCC(O)(CCC)CCC. The first kappa shape index (κ1) is 10.0. The highest BCUT2D eigenvalue weighted by atomic mass is 16.3. The molecule has 0 aromatic carbocycles. The molecule has 0 fully saturated rings. The lowest BCUT2D eigenvalue weighted by Crippen LogP contribution is -2.27. The molecule has 1 N–H and O–H groups in total. The fourth-order valence-electron chi connectivity index (χ4n) is 1.76. The lowest BCUT2D eigenvalue weighted by Gasteiger charge is -2.27. The first-order valence-corrected chi connectivity index (χ1v) is 5.20. The Balaban J connectivity index is 3.76. The van der Waals surface area contributed by atoms with Crippen LogP contribution >= 0.6 is 0 Å². The molecule has 0 aromatic rings. The van der Waals surface area contributed by atoms with Crippen molar-refractivity contribution in [1.82, 2.24) is 0 Å². The van der Waals surface area contributed by atoms with Crippen molar-refractivity contribution in [3.63, 3.8) is 0 Å². The van der Waals surface area contributed by atoms with E-state index in [-0.39, 0.29) is 0 Å². The van der Waals surface area contributed by atoms with E-state index in [0.717, 1.165) is 44.9 Å². The van der Waals surface area contributed by atoms with Gasteiger partial charge in [-0.3, -0.25) is 0 Å². The summed E-state index contributed by atoms with van der Waals surface area (Å²) in [5.41, 5.74) is -0.432. The van der Waals surface area contributed by atoms with E-state index in [9.17, 15) is 5.11 Å². The van der Waals surface area contributed by atoms with Gasteiger partial charge < -0.3 is 5.11 Å². The predicted molar refractivity (Wildman–Crippen MR) is 54.3 cm³/mol. The van der Waals surface area contributed by atoms with E-state index in [2.05, 4.69) is 13.8 Å². The van der Waals surface area contributed by atoms with Crippen LogP contribution in [0.15, 0.2) is 0 Å². The van der Waals surface area contributed by atoms with Gasteiger partial charge in [0.1, 0.15) is 0 Å². The monoisotopic (exact) mass is 174 g/mol.